The van der Waals surface area contributed by atoms with E-state index in [4.69, 9.17) is 0 Å². The molecule has 0 bridgehead atoms. The number of amides is 1. The molecule has 0 radical (unpaired) electrons. The molecule has 2 atom stereocenters. The molecule has 2 fully saturated rings. The zero-order valence-corrected chi connectivity index (χ0v) is 14.6. The lowest BCUT2D eigenvalue weighted by Gasteiger charge is -2.21. The van der Waals surface area contributed by atoms with Gasteiger partial charge in [-0.15, -0.1) is 11.3 Å². The van der Waals surface area contributed by atoms with E-state index in [2.05, 4.69) is 44.4 Å². The fourth-order valence-corrected chi connectivity index (χ4v) is 4.21. The van der Waals surface area contributed by atoms with Crippen molar-refractivity contribution in [2.75, 3.05) is 26.2 Å². The van der Waals surface area contributed by atoms with Gasteiger partial charge in [0, 0.05) is 44.0 Å². The van der Waals surface area contributed by atoms with Crippen LogP contribution in [-0.4, -0.2) is 46.9 Å². The van der Waals surface area contributed by atoms with Gasteiger partial charge in [0.15, 0.2) is 0 Å². The van der Waals surface area contributed by atoms with Gasteiger partial charge in [-0.2, -0.15) is 0 Å². The third-order valence-corrected chi connectivity index (χ3v) is 5.74. The lowest BCUT2D eigenvalue weighted by atomic mass is 10.1. The second kappa shape index (κ2) is 7.03. The van der Waals surface area contributed by atoms with Crippen LogP contribution >= 0.6 is 11.3 Å². The summed E-state index contributed by atoms with van der Waals surface area (Å²) >= 11 is 1.65. The van der Waals surface area contributed by atoms with Gasteiger partial charge in [-0.05, 0) is 24.3 Å². The minimum atomic E-state index is 0.206. The fraction of sp³-hybridized carbons (Fsp3) is 0.474. The summed E-state index contributed by atoms with van der Waals surface area (Å²) < 4.78 is 0. The van der Waals surface area contributed by atoms with Crippen molar-refractivity contribution in [2.45, 2.75) is 25.3 Å². The summed E-state index contributed by atoms with van der Waals surface area (Å²) in [7, 11) is 0. The molecule has 24 heavy (non-hydrogen) atoms. The van der Waals surface area contributed by atoms with Crippen LogP contribution in [0.2, 0.25) is 0 Å². The summed E-state index contributed by atoms with van der Waals surface area (Å²) in [6, 6.07) is 10.5. The molecule has 1 aromatic carbocycles. The van der Waals surface area contributed by atoms with Gasteiger partial charge < -0.3 is 4.90 Å². The van der Waals surface area contributed by atoms with Gasteiger partial charge in [0.1, 0.15) is 0 Å². The first-order chi connectivity index (χ1) is 11.8. The Morgan fingerprint density at radius 3 is 2.83 bits per heavy atom. The van der Waals surface area contributed by atoms with Crippen molar-refractivity contribution in [3.8, 4) is 0 Å². The Morgan fingerprint density at radius 2 is 2.04 bits per heavy atom. The molecule has 1 saturated heterocycles. The van der Waals surface area contributed by atoms with Gasteiger partial charge in [0.25, 0.3) is 0 Å². The maximum absolute atomic E-state index is 12.8. The number of rotatable bonds is 4. The Bertz CT molecular complexity index is 673. The summed E-state index contributed by atoms with van der Waals surface area (Å²) in [4.78, 5) is 21.7. The number of carbonyl (C=O) groups excluding carboxylic acids is 1. The van der Waals surface area contributed by atoms with Crippen LogP contribution in [0.1, 0.15) is 30.0 Å². The van der Waals surface area contributed by atoms with Gasteiger partial charge in [0.2, 0.25) is 5.91 Å². The number of nitrogens with zero attached hydrogens (tertiary/aromatic N) is 3. The summed E-state index contributed by atoms with van der Waals surface area (Å²) in [6.45, 7) is 4.65. The molecule has 2 aliphatic rings. The minimum absolute atomic E-state index is 0.206. The SMILES string of the molecule is O=C([C@H]1C[C@H]1c1ccccc1)N1CCCN(Cc2cscn2)CC1. The van der Waals surface area contributed by atoms with E-state index >= 15 is 0 Å². The fourth-order valence-electron chi connectivity index (χ4n) is 3.67. The predicted molar refractivity (Wildman–Crippen MR) is 95.9 cm³/mol. The number of hydrogen-bond acceptors (Lipinski definition) is 4. The second-order valence-corrected chi connectivity index (χ2v) is 7.51. The van der Waals surface area contributed by atoms with Gasteiger partial charge >= 0.3 is 0 Å². The molecule has 1 aromatic heterocycles. The zero-order chi connectivity index (χ0) is 16.4. The Labute approximate surface area is 147 Å². The first kappa shape index (κ1) is 15.8. The Balaban J connectivity index is 1.32. The van der Waals surface area contributed by atoms with Crippen LogP contribution in [0.15, 0.2) is 41.2 Å². The van der Waals surface area contributed by atoms with Crippen molar-refractivity contribution >= 4 is 17.2 Å². The van der Waals surface area contributed by atoms with Crippen LogP contribution in [0.5, 0.6) is 0 Å². The van der Waals surface area contributed by atoms with Crippen molar-refractivity contribution < 1.29 is 4.79 Å². The van der Waals surface area contributed by atoms with Crippen LogP contribution < -0.4 is 0 Å². The van der Waals surface area contributed by atoms with Gasteiger partial charge in [-0.25, -0.2) is 4.98 Å². The van der Waals surface area contributed by atoms with Gasteiger partial charge in [0.05, 0.1) is 11.2 Å². The highest BCUT2D eigenvalue weighted by atomic mass is 32.1. The van der Waals surface area contributed by atoms with Gasteiger partial charge in [-0.3, -0.25) is 9.69 Å². The maximum Gasteiger partial charge on any atom is 0.226 e. The molecule has 4 nitrogen and oxygen atoms in total. The number of aromatic nitrogens is 1. The molecule has 5 heteroatoms. The van der Waals surface area contributed by atoms with Crippen LogP contribution in [0.3, 0.4) is 0 Å². The average Bonchev–Trinajstić information content (AvgIpc) is 3.32. The van der Waals surface area contributed by atoms with Crippen LogP contribution in [0.25, 0.3) is 0 Å². The molecule has 2 aromatic rings. The molecule has 2 heterocycles. The summed E-state index contributed by atoms with van der Waals surface area (Å²) in [5, 5.41) is 2.11. The third-order valence-electron chi connectivity index (χ3n) is 5.10. The van der Waals surface area contributed by atoms with E-state index in [9.17, 15) is 4.79 Å². The average molecular weight is 341 g/mol. The van der Waals surface area contributed by atoms with E-state index in [0.717, 1.165) is 51.3 Å². The van der Waals surface area contributed by atoms with Crippen LogP contribution in [-0.2, 0) is 11.3 Å². The highest BCUT2D eigenvalue weighted by Gasteiger charge is 2.45. The van der Waals surface area contributed by atoms with Crippen LogP contribution in [0, 0.1) is 5.92 Å². The first-order valence-electron chi connectivity index (χ1n) is 8.74. The van der Waals surface area contributed by atoms with E-state index in [1.807, 2.05) is 11.6 Å². The molecule has 1 amide bonds. The molecule has 1 aliphatic carbocycles. The lowest BCUT2D eigenvalue weighted by molar-refractivity contribution is -0.132. The third kappa shape index (κ3) is 3.52. The Kier molecular flexibility index (Phi) is 4.63. The quantitative estimate of drug-likeness (QED) is 0.858. The molecule has 0 unspecified atom stereocenters. The summed E-state index contributed by atoms with van der Waals surface area (Å²) in [6.07, 6.45) is 2.07. The predicted octanol–water partition coefficient (Wildman–Crippen LogP) is 2.98. The summed E-state index contributed by atoms with van der Waals surface area (Å²) in [5.74, 6) is 1.00. The number of thiazole rings is 1. The smallest absolute Gasteiger partial charge is 0.226 e. The second-order valence-electron chi connectivity index (χ2n) is 6.79. The van der Waals surface area contributed by atoms with Crippen molar-refractivity contribution in [1.82, 2.24) is 14.8 Å². The molecule has 1 saturated carbocycles. The van der Waals surface area contributed by atoms with Crippen LogP contribution in [0.4, 0.5) is 0 Å². The largest absolute Gasteiger partial charge is 0.341 e. The van der Waals surface area contributed by atoms with E-state index in [0.29, 0.717) is 11.8 Å². The number of carbonyl (C=O) groups is 1. The molecule has 1 aliphatic heterocycles. The lowest BCUT2D eigenvalue weighted by Crippen LogP contribution is -2.36. The van der Waals surface area contributed by atoms with Crippen molar-refractivity contribution in [2.24, 2.45) is 5.92 Å². The number of hydrogen-bond donors (Lipinski definition) is 0. The molecular formula is C19H23N3OS. The van der Waals surface area contributed by atoms with E-state index in [1.54, 1.807) is 11.3 Å². The standard InChI is InChI=1S/C19H23N3OS/c23-19(18-11-17(18)15-5-2-1-3-6-15)22-8-4-7-21(9-10-22)12-16-13-24-14-20-16/h1-3,5-6,13-14,17-18H,4,7-12H2/t17-,18-/m0/s1. The number of benzene rings is 1. The van der Waals surface area contributed by atoms with E-state index < -0.39 is 0 Å². The minimum Gasteiger partial charge on any atom is -0.341 e. The highest BCUT2D eigenvalue weighted by Crippen LogP contribution is 2.48. The topological polar surface area (TPSA) is 36.4 Å². The Hall–Kier alpha value is -1.72. The zero-order valence-electron chi connectivity index (χ0n) is 13.8. The van der Waals surface area contributed by atoms with Crippen molar-refractivity contribution in [3.63, 3.8) is 0 Å². The van der Waals surface area contributed by atoms with E-state index in [-0.39, 0.29) is 5.92 Å². The Morgan fingerprint density at radius 1 is 1.17 bits per heavy atom. The molecule has 4 rings (SSSR count). The maximum atomic E-state index is 12.8. The van der Waals surface area contributed by atoms with Crippen molar-refractivity contribution in [3.05, 3.63) is 52.5 Å². The highest BCUT2D eigenvalue weighted by molar-refractivity contribution is 7.07. The first-order valence-corrected chi connectivity index (χ1v) is 9.68. The molecule has 0 N–H and O–H groups in total. The normalized spacial score (nSPS) is 24.6. The molecular weight excluding hydrogens is 318 g/mol. The van der Waals surface area contributed by atoms with Gasteiger partial charge in [-0.1, -0.05) is 30.3 Å². The monoisotopic (exact) mass is 341 g/mol. The summed E-state index contributed by atoms with van der Waals surface area (Å²) in [5.41, 5.74) is 4.35. The van der Waals surface area contributed by atoms with Crippen molar-refractivity contribution in [1.29, 1.82) is 0 Å². The van der Waals surface area contributed by atoms with E-state index in [1.165, 1.54) is 5.56 Å². The molecule has 126 valence electrons. The molecule has 0 spiro atoms.